The first kappa shape index (κ1) is 55.8. The molecule has 5 saturated heterocycles. The Labute approximate surface area is 480 Å². The smallest absolute Gasteiger partial charge is 0.338 e. The van der Waals surface area contributed by atoms with Crippen LogP contribution in [0.5, 0.6) is 0 Å². The van der Waals surface area contributed by atoms with Crippen LogP contribution < -0.4 is 0 Å². The number of rotatable bonds is 11. The van der Waals surface area contributed by atoms with Crippen molar-refractivity contribution < 1.29 is 71.6 Å². The van der Waals surface area contributed by atoms with Crippen LogP contribution in [0.3, 0.4) is 0 Å². The van der Waals surface area contributed by atoms with Crippen LogP contribution in [0.15, 0.2) is 133 Å². The zero-order valence-corrected chi connectivity index (χ0v) is 47.5. The van der Waals surface area contributed by atoms with Crippen molar-refractivity contribution in [3.05, 3.63) is 155 Å². The predicted octanol–water partition coefficient (Wildman–Crippen LogP) is 10.7. The van der Waals surface area contributed by atoms with Crippen molar-refractivity contribution in [2.75, 3.05) is 13.2 Å². The number of fused-ring (bicyclic) bond motifs is 8. The van der Waals surface area contributed by atoms with Crippen molar-refractivity contribution in [2.24, 2.45) is 46.3 Å². The molecule has 9 aliphatic rings. The molecule has 0 aromatic heterocycles. The van der Waals surface area contributed by atoms with Crippen LogP contribution in [0.2, 0.25) is 0 Å². The standard InChI is InChI=1S/C67H78O15/c1-38-28-33-67(73-36-38)39(2)52-50(82-67)35-49-47-27-26-45-34-46(29-31-65(45,4)48(47)30-32-66(49,52)5)75-63-56(53(68)55-51(76-63)37-72-62(80-55)44-24-16-9-17-25-44)81-64-58(79-61(71)43-22-14-8-15-23-43)57(78-60(70)42-20-12-7-13-21-42)54(40(3)74-64)77-59(69)41-18-10-6-11-19-41/h6-26,38-40,46-58,62-64,68H,27-37H2,1-5H3/t38-,39+,40+,46+,47-,48+,49+,50+,51-,52+,53+,54+,55-,56-,57-,58-,62-,63-,64+,65+,66+,67-/m1/s1. The summed E-state index contributed by atoms with van der Waals surface area (Å²) in [7, 11) is 0. The molecule has 82 heavy (non-hydrogen) atoms. The highest BCUT2D eigenvalue weighted by atomic mass is 16.8. The van der Waals surface area contributed by atoms with Crippen molar-refractivity contribution in [2.45, 2.75) is 178 Å². The van der Waals surface area contributed by atoms with Gasteiger partial charge in [-0.2, -0.15) is 0 Å². The number of aliphatic hydroxyl groups is 1. The summed E-state index contributed by atoms with van der Waals surface area (Å²) in [6.45, 7) is 12.3. The zero-order chi connectivity index (χ0) is 56.5. The lowest BCUT2D eigenvalue weighted by Gasteiger charge is -2.59. The second-order valence-corrected chi connectivity index (χ2v) is 25.5. The lowest BCUT2D eigenvalue weighted by Crippen LogP contribution is -2.67. The summed E-state index contributed by atoms with van der Waals surface area (Å²) in [5.41, 5.74) is 2.98. The fourth-order valence-electron chi connectivity index (χ4n) is 16.5. The molecular weight excluding hydrogens is 1040 g/mol. The monoisotopic (exact) mass is 1120 g/mol. The van der Waals surface area contributed by atoms with E-state index in [0.717, 1.165) is 50.7 Å². The fourth-order valence-corrected chi connectivity index (χ4v) is 16.5. The van der Waals surface area contributed by atoms with Gasteiger partial charge < -0.3 is 57.2 Å². The number of hydrogen-bond acceptors (Lipinski definition) is 15. The number of carbonyl (C=O) groups is 3. The van der Waals surface area contributed by atoms with Gasteiger partial charge in [0.15, 0.2) is 43.0 Å². The molecule has 8 fully saturated rings. The Kier molecular flexibility index (Phi) is 15.4. The summed E-state index contributed by atoms with van der Waals surface area (Å²) in [5.74, 6) is 0.363. The van der Waals surface area contributed by atoms with E-state index in [1.54, 1.807) is 97.9 Å². The Morgan fingerprint density at radius 3 is 1.85 bits per heavy atom. The third-order valence-electron chi connectivity index (χ3n) is 20.8. The molecule has 0 radical (unpaired) electrons. The first-order chi connectivity index (χ1) is 39.7. The van der Waals surface area contributed by atoms with Crippen LogP contribution >= 0.6 is 0 Å². The molecule has 4 aromatic carbocycles. The van der Waals surface area contributed by atoms with Crippen LogP contribution in [-0.4, -0.2) is 116 Å². The van der Waals surface area contributed by atoms with Gasteiger partial charge in [-0.1, -0.05) is 124 Å². The number of hydrogen-bond donors (Lipinski definition) is 1. The average Bonchev–Trinajstić information content (AvgIpc) is 2.45. The summed E-state index contributed by atoms with van der Waals surface area (Å²) < 4.78 is 73.1. The van der Waals surface area contributed by atoms with Gasteiger partial charge in [-0.15, -0.1) is 0 Å². The van der Waals surface area contributed by atoms with E-state index >= 15 is 0 Å². The molecule has 4 aliphatic carbocycles. The lowest BCUT2D eigenvalue weighted by atomic mass is 9.47. The van der Waals surface area contributed by atoms with E-state index in [-0.39, 0.29) is 46.3 Å². The first-order valence-corrected chi connectivity index (χ1v) is 30.1. The first-order valence-electron chi connectivity index (χ1n) is 30.1. The van der Waals surface area contributed by atoms with Gasteiger partial charge in [0.25, 0.3) is 0 Å². The number of benzene rings is 4. The molecule has 22 atom stereocenters. The molecular formula is C67H78O15. The highest BCUT2D eigenvalue weighted by Crippen LogP contribution is 2.71. The fraction of sp³-hybridized carbons (Fsp3) is 0.567. The van der Waals surface area contributed by atoms with Gasteiger partial charge in [-0.3, -0.25) is 0 Å². The number of esters is 3. The van der Waals surface area contributed by atoms with E-state index in [1.807, 2.05) is 30.3 Å². The predicted molar refractivity (Wildman–Crippen MR) is 297 cm³/mol. The van der Waals surface area contributed by atoms with Crippen molar-refractivity contribution in [3.63, 3.8) is 0 Å². The molecule has 15 heteroatoms. The average molecular weight is 1120 g/mol. The minimum Gasteiger partial charge on any atom is -0.452 e. The molecule has 1 N–H and O–H groups in total. The molecule has 436 valence electrons. The SMILES string of the molecule is C[C@@H]1CC[C@@]2(OC1)O[C@H]1C[C@H]3[C@@H]4CC=C5C[C@@H](O[C@@H]6O[C@@H]7CO[C@@H](c8ccccc8)O[C@H]7[C@H](O)[C@H]6O[C@@H]6O[C@@H](C)[C@H](OC(=O)c7ccccc7)[C@@H](OC(=O)c7ccccc7)[C@H]6OC(=O)c6ccccc6)CC[C@]5(C)[C@H]4CC[C@]3(C)[C@H]1[C@@H]2C. The molecule has 0 bridgehead atoms. The van der Waals surface area contributed by atoms with Crippen LogP contribution in [-0.2, 0) is 52.1 Å². The molecule has 0 amide bonds. The van der Waals surface area contributed by atoms with Gasteiger partial charge in [0, 0.05) is 17.9 Å². The maximum Gasteiger partial charge on any atom is 0.338 e. The molecule has 0 unspecified atom stereocenters. The van der Waals surface area contributed by atoms with Gasteiger partial charge in [0.05, 0.1) is 48.2 Å². The minimum atomic E-state index is -1.59. The Bertz CT molecular complexity index is 2940. The normalized spacial score (nSPS) is 42.0. The van der Waals surface area contributed by atoms with Crippen LogP contribution in [0.25, 0.3) is 0 Å². The Hall–Kier alpha value is -5.33. The summed E-state index contributed by atoms with van der Waals surface area (Å²) in [6.07, 6.45) is -2.18. The summed E-state index contributed by atoms with van der Waals surface area (Å²) >= 11 is 0. The molecule has 1 spiro atoms. The number of carbonyl (C=O) groups excluding carboxylic acids is 3. The van der Waals surface area contributed by atoms with Crippen molar-refractivity contribution in [3.8, 4) is 0 Å². The van der Waals surface area contributed by atoms with Crippen LogP contribution in [0.1, 0.15) is 135 Å². The zero-order valence-electron chi connectivity index (χ0n) is 47.5. The Morgan fingerprint density at radius 2 is 1.22 bits per heavy atom. The molecule has 5 aliphatic heterocycles. The summed E-state index contributed by atoms with van der Waals surface area (Å²) in [5, 5.41) is 12.8. The van der Waals surface area contributed by atoms with E-state index in [1.165, 1.54) is 18.4 Å². The highest BCUT2D eigenvalue weighted by molar-refractivity contribution is 5.91. The van der Waals surface area contributed by atoms with E-state index < -0.39 is 91.4 Å². The summed E-state index contributed by atoms with van der Waals surface area (Å²) in [4.78, 5) is 42.5. The second-order valence-electron chi connectivity index (χ2n) is 25.5. The number of ether oxygens (including phenoxy) is 11. The molecule has 5 heterocycles. The summed E-state index contributed by atoms with van der Waals surface area (Å²) in [6, 6.07) is 34.6. The Balaban J connectivity index is 0.791. The maximum absolute atomic E-state index is 14.3. The van der Waals surface area contributed by atoms with Crippen LogP contribution in [0, 0.1) is 46.3 Å². The van der Waals surface area contributed by atoms with Crippen molar-refractivity contribution in [1.82, 2.24) is 0 Å². The molecule has 3 saturated carbocycles. The largest absolute Gasteiger partial charge is 0.452 e. The van der Waals surface area contributed by atoms with E-state index in [9.17, 15) is 19.5 Å². The topological polar surface area (TPSA) is 173 Å². The molecule has 4 aromatic rings. The lowest BCUT2D eigenvalue weighted by molar-refractivity contribution is -0.395. The van der Waals surface area contributed by atoms with Gasteiger partial charge in [0.1, 0.15) is 24.4 Å². The van der Waals surface area contributed by atoms with E-state index in [2.05, 4.69) is 33.8 Å². The quantitative estimate of drug-likeness (QED) is 0.0853. The number of aliphatic hydroxyl groups excluding tert-OH is 1. The second kappa shape index (κ2) is 22.6. The van der Waals surface area contributed by atoms with Crippen molar-refractivity contribution in [1.29, 1.82) is 0 Å². The third kappa shape index (κ3) is 10.2. The van der Waals surface area contributed by atoms with Gasteiger partial charge in [-0.25, -0.2) is 14.4 Å². The minimum absolute atomic E-state index is 0.0157. The van der Waals surface area contributed by atoms with E-state index in [4.69, 9.17) is 52.1 Å². The third-order valence-corrected chi connectivity index (χ3v) is 20.8. The molecule has 15 nitrogen and oxygen atoms in total. The maximum atomic E-state index is 14.3. The van der Waals surface area contributed by atoms with Crippen molar-refractivity contribution >= 4 is 17.9 Å². The molecule has 13 rings (SSSR count). The Morgan fingerprint density at radius 1 is 0.610 bits per heavy atom. The number of allylic oxidation sites excluding steroid dienone is 1. The van der Waals surface area contributed by atoms with E-state index in [0.29, 0.717) is 41.9 Å². The van der Waals surface area contributed by atoms with Crippen LogP contribution in [0.4, 0.5) is 0 Å². The van der Waals surface area contributed by atoms with Gasteiger partial charge in [-0.05, 0) is 135 Å². The van der Waals surface area contributed by atoms with Gasteiger partial charge in [0.2, 0.25) is 0 Å². The highest BCUT2D eigenvalue weighted by Gasteiger charge is 2.69. The van der Waals surface area contributed by atoms with Gasteiger partial charge >= 0.3 is 17.9 Å².